The van der Waals surface area contributed by atoms with Crippen molar-refractivity contribution in [2.24, 2.45) is 0 Å². The first-order valence-corrected chi connectivity index (χ1v) is 10.8. The molecule has 3 amide bonds. The predicted molar refractivity (Wildman–Crippen MR) is 120 cm³/mol. The molecule has 0 spiro atoms. The average molecular weight is 459 g/mol. The Labute approximate surface area is 192 Å². The van der Waals surface area contributed by atoms with E-state index in [2.05, 4.69) is 15.6 Å². The number of benzene rings is 1. The van der Waals surface area contributed by atoms with Gasteiger partial charge < -0.3 is 25.1 Å². The first-order valence-electron chi connectivity index (χ1n) is 10.8. The van der Waals surface area contributed by atoms with Crippen molar-refractivity contribution in [3.05, 3.63) is 53.7 Å². The maximum atomic E-state index is 12.8. The monoisotopic (exact) mass is 458 g/mol. The minimum atomic E-state index is -0.350. The van der Waals surface area contributed by atoms with Crippen LogP contribution in [-0.4, -0.2) is 65.4 Å². The van der Waals surface area contributed by atoms with Crippen molar-refractivity contribution < 1.29 is 28.7 Å². The Bertz CT molecular complexity index is 915. The van der Waals surface area contributed by atoms with Crippen LogP contribution in [0.2, 0.25) is 0 Å². The molecule has 0 saturated carbocycles. The minimum absolute atomic E-state index is 0.00208. The fraction of sp³-hybridized carbons (Fsp3) is 0.435. The zero-order valence-corrected chi connectivity index (χ0v) is 18.7. The number of hydrogen-bond donors (Lipinski definition) is 3. The lowest BCUT2D eigenvalue weighted by Gasteiger charge is -2.23. The molecule has 3 rings (SSSR count). The molecule has 1 saturated heterocycles. The SMILES string of the molecule is Cc1ocnc1C(=O)N1CCCNC(=O)CCC(c2ccccc2)CCNC(=O)C1.O=CO. The van der Waals surface area contributed by atoms with Crippen LogP contribution in [0.1, 0.15) is 53.4 Å². The summed E-state index contributed by atoms with van der Waals surface area (Å²) in [5, 5.41) is 12.7. The van der Waals surface area contributed by atoms with Crippen molar-refractivity contribution in [2.45, 2.75) is 38.5 Å². The fourth-order valence-corrected chi connectivity index (χ4v) is 3.62. The number of oxazole rings is 1. The Kier molecular flexibility index (Phi) is 10.6. The normalized spacial score (nSPS) is 18.1. The highest BCUT2D eigenvalue weighted by molar-refractivity contribution is 5.95. The number of amides is 3. The van der Waals surface area contributed by atoms with Gasteiger partial charge in [0, 0.05) is 26.1 Å². The second kappa shape index (κ2) is 13.7. The Morgan fingerprint density at radius 1 is 1.15 bits per heavy atom. The maximum Gasteiger partial charge on any atom is 0.290 e. The van der Waals surface area contributed by atoms with Gasteiger partial charge >= 0.3 is 0 Å². The molecule has 1 unspecified atom stereocenters. The Morgan fingerprint density at radius 2 is 1.85 bits per heavy atom. The third kappa shape index (κ3) is 8.40. The van der Waals surface area contributed by atoms with E-state index in [0.717, 1.165) is 18.4 Å². The molecule has 10 nitrogen and oxygen atoms in total. The molecule has 3 N–H and O–H groups in total. The van der Waals surface area contributed by atoms with E-state index in [4.69, 9.17) is 14.3 Å². The first-order chi connectivity index (χ1) is 16.0. The zero-order valence-electron chi connectivity index (χ0n) is 18.7. The lowest BCUT2D eigenvalue weighted by Crippen LogP contribution is -2.43. The number of carbonyl (C=O) groups excluding carboxylic acids is 3. The van der Waals surface area contributed by atoms with E-state index >= 15 is 0 Å². The molecule has 2 aromatic rings. The zero-order chi connectivity index (χ0) is 24.1. The second-order valence-corrected chi connectivity index (χ2v) is 7.58. The Morgan fingerprint density at radius 3 is 2.52 bits per heavy atom. The third-order valence-corrected chi connectivity index (χ3v) is 5.30. The van der Waals surface area contributed by atoms with Crippen molar-refractivity contribution in [2.75, 3.05) is 26.2 Å². The number of rotatable bonds is 2. The molecule has 1 fully saturated rings. The summed E-state index contributed by atoms with van der Waals surface area (Å²) in [5.74, 6) is 0.0335. The molecule has 0 aliphatic carbocycles. The van der Waals surface area contributed by atoms with Crippen LogP contribution in [0.3, 0.4) is 0 Å². The van der Waals surface area contributed by atoms with Gasteiger partial charge in [0.1, 0.15) is 5.76 Å². The summed E-state index contributed by atoms with van der Waals surface area (Å²) >= 11 is 0. The van der Waals surface area contributed by atoms with E-state index in [1.54, 1.807) is 6.92 Å². The van der Waals surface area contributed by atoms with Gasteiger partial charge in [0.05, 0.1) is 6.54 Å². The molecule has 1 aromatic heterocycles. The number of hydrogen-bond acceptors (Lipinski definition) is 6. The number of carboxylic acid groups (broad SMARTS) is 1. The maximum absolute atomic E-state index is 12.8. The van der Waals surface area contributed by atoms with Gasteiger partial charge in [-0.2, -0.15) is 0 Å². The van der Waals surface area contributed by atoms with E-state index in [1.165, 1.54) is 11.3 Å². The van der Waals surface area contributed by atoms with Crippen LogP contribution in [0, 0.1) is 6.92 Å². The van der Waals surface area contributed by atoms with Crippen LogP contribution >= 0.6 is 0 Å². The van der Waals surface area contributed by atoms with Gasteiger partial charge in [-0.05, 0) is 37.7 Å². The average Bonchev–Trinajstić information content (AvgIpc) is 3.24. The predicted octanol–water partition coefficient (Wildman–Crippen LogP) is 1.72. The van der Waals surface area contributed by atoms with E-state index in [9.17, 15) is 14.4 Å². The van der Waals surface area contributed by atoms with Gasteiger partial charge in [0.2, 0.25) is 11.8 Å². The van der Waals surface area contributed by atoms with Gasteiger partial charge in [-0.25, -0.2) is 4.98 Å². The van der Waals surface area contributed by atoms with Crippen LogP contribution in [0.15, 0.2) is 41.1 Å². The highest BCUT2D eigenvalue weighted by atomic mass is 16.3. The summed E-state index contributed by atoms with van der Waals surface area (Å²) in [5.41, 5.74) is 1.36. The first kappa shape index (κ1) is 25.6. The Balaban J connectivity index is 0.00000122. The molecule has 1 aromatic carbocycles. The molecule has 1 aliphatic heterocycles. The summed E-state index contributed by atoms with van der Waals surface area (Å²) in [7, 11) is 0. The smallest absolute Gasteiger partial charge is 0.290 e. The van der Waals surface area contributed by atoms with Gasteiger partial charge in [-0.1, -0.05) is 30.3 Å². The molecule has 10 heteroatoms. The summed E-state index contributed by atoms with van der Waals surface area (Å²) < 4.78 is 5.12. The second-order valence-electron chi connectivity index (χ2n) is 7.58. The number of aryl methyl sites for hydroxylation is 1. The summed E-state index contributed by atoms with van der Waals surface area (Å²) in [6, 6.07) is 10.0. The lowest BCUT2D eigenvalue weighted by molar-refractivity contribution is -0.123. The highest BCUT2D eigenvalue weighted by Gasteiger charge is 2.23. The topological polar surface area (TPSA) is 142 Å². The van der Waals surface area contributed by atoms with Crippen LogP contribution in [0.5, 0.6) is 0 Å². The fourth-order valence-electron chi connectivity index (χ4n) is 3.62. The lowest BCUT2D eigenvalue weighted by atomic mass is 9.91. The quantitative estimate of drug-likeness (QED) is 0.582. The molecule has 0 radical (unpaired) electrons. The molecule has 178 valence electrons. The van der Waals surface area contributed by atoms with Gasteiger partial charge in [0.15, 0.2) is 12.1 Å². The van der Waals surface area contributed by atoms with Crippen LogP contribution in [0.25, 0.3) is 0 Å². The molecular formula is C23H30N4O6. The van der Waals surface area contributed by atoms with E-state index in [-0.39, 0.29) is 42.4 Å². The van der Waals surface area contributed by atoms with E-state index in [1.807, 2.05) is 30.3 Å². The summed E-state index contributed by atoms with van der Waals surface area (Å²) in [6.45, 7) is 2.61. The van der Waals surface area contributed by atoms with Crippen molar-refractivity contribution in [3.63, 3.8) is 0 Å². The largest absolute Gasteiger partial charge is 0.483 e. The molecule has 1 aliphatic rings. The van der Waals surface area contributed by atoms with Crippen LogP contribution in [-0.2, 0) is 14.4 Å². The third-order valence-electron chi connectivity index (χ3n) is 5.30. The van der Waals surface area contributed by atoms with Crippen LogP contribution < -0.4 is 10.6 Å². The van der Waals surface area contributed by atoms with Gasteiger partial charge in [-0.15, -0.1) is 0 Å². The molecule has 33 heavy (non-hydrogen) atoms. The number of carbonyl (C=O) groups is 4. The standard InChI is InChI=1S/C22H28N4O4.CH2O2/c1-16-21(25-15-30-16)22(29)26-13-5-11-23-19(27)9-8-18(10-12-24-20(28)14-26)17-6-3-2-4-7-17;2-1-3/h2-4,6-7,15,18H,5,8-14H2,1H3,(H,23,27)(H,24,28);1H,(H,2,3). The van der Waals surface area contributed by atoms with Crippen LogP contribution in [0.4, 0.5) is 0 Å². The molecular weight excluding hydrogens is 428 g/mol. The Hall–Kier alpha value is -3.69. The highest BCUT2D eigenvalue weighted by Crippen LogP contribution is 2.24. The molecule has 2 heterocycles. The van der Waals surface area contributed by atoms with Crippen molar-refractivity contribution in [1.29, 1.82) is 0 Å². The molecule has 0 bridgehead atoms. The van der Waals surface area contributed by atoms with Gasteiger partial charge in [0.25, 0.3) is 12.4 Å². The minimum Gasteiger partial charge on any atom is -0.483 e. The summed E-state index contributed by atoms with van der Waals surface area (Å²) in [6.07, 6.45) is 3.63. The van der Waals surface area contributed by atoms with E-state index in [0.29, 0.717) is 38.2 Å². The van der Waals surface area contributed by atoms with E-state index < -0.39 is 0 Å². The summed E-state index contributed by atoms with van der Waals surface area (Å²) in [4.78, 5) is 51.3. The van der Waals surface area contributed by atoms with Crippen molar-refractivity contribution in [1.82, 2.24) is 20.5 Å². The van der Waals surface area contributed by atoms with Crippen molar-refractivity contribution in [3.8, 4) is 0 Å². The number of nitrogens with one attached hydrogen (secondary N) is 2. The van der Waals surface area contributed by atoms with Crippen molar-refractivity contribution >= 4 is 24.2 Å². The van der Waals surface area contributed by atoms with Gasteiger partial charge in [-0.3, -0.25) is 19.2 Å². The number of aromatic nitrogens is 1. The molecule has 1 atom stereocenters. The number of nitrogens with zero attached hydrogens (tertiary/aromatic N) is 2.